The van der Waals surface area contributed by atoms with E-state index in [2.05, 4.69) is 5.32 Å². The largest absolute Gasteiger partial charge is 0.389 e. The molecule has 0 aromatic heterocycles. The monoisotopic (exact) mass is 245 g/mol. The van der Waals surface area contributed by atoms with Crippen LogP contribution in [0.3, 0.4) is 0 Å². The van der Waals surface area contributed by atoms with Crippen molar-refractivity contribution in [3.05, 3.63) is 0 Å². The number of carbonyl (C=O) groups is 1. The van der Waals surface area contributed by atoms with Crippen molar-refractivity contribution in [1.82, 2.24) is 5.32 Å². The van der Waals surface area contributed by atoms with Gasteiger partial charge in [0, 0.05) is 18.3 Å². The van der Waals surface area contributed by atoms with Crippen LogP contribution >= 0.6 is 11.6 Å². The fourth-order valence-electron chi connectivity index (χ4n) is 0.955. The normalized spacial score (nSPS) is 13.7. The molecule has 0 aromatic carbocycles. The molecule has 2 nitrogen and oxygen atoms in total. The van der Waals surface area contributed by atoms with E-state index in [0.717, 1.165) is 6.42 Å². The Balaban J connectivity index is 3.42. The molecule has 6 heteroatoms. The second-order valence-corrected chi connectivity index (χ2v) is 4.13. The molecule has 0 aliphatic carbocycles. The maximum atomic E-state index is 11.7. The third kappa shape index (κ3) is 11.5. The van der Waals surface area contributed by atoms with Crippen molar-refractivity contribution in [2.45, 2.75) is 44.2 Å². The Morgan fingerprint density at radius 2 is 2.07 bits per heavy atom. The van der Waals surface area contributed by atoms with Gasteiger partial charge in [-0.25, -0.2) is 0 Å². The predicted molar refractivity (Wildman–Crippen MR) is 52.8 cm³/mol. The minimum Gasteiger partial charge on any atom is -0.356 e. The zero-order chi connectivity index (χ0) is 11.9. The summed E-state index contributed by atoms with van der Waals surface area (Å²) >= 11 is 5.65. The van der Waals surface area contributed by atoms with Gasteiger partial charge in [0.15, 0.2) is 0 Å². The molecule has 0 aromatic rings. The summed E-state index contributed by atoms with van der Waals surface area (Å²) in [5.41, 5.74) is 0. The Labute approximate surface area is 92.2 Å². The Morgan fingerprint density at radius 1 is 1.47 bits per heavy atom. The molecule has 0 aliphatic rings. The zero-order valence-corrected chi connectivity index (χ0v) is 9.29. The lowest BCUT2D eigenvalue weighted by Crippen LogP contribution is -2.26. The van der Waals surface area contributed by atoms with E-state index >= 15 is 0 Å². The number of alkyl halides is 4. The first-order valence-corrected chi connectivity index (χ1v) is 5.22. The second-order valence-electron chi connectivity index (χ2n) is 3.39. The number of amides is 1. The molecule has 15 heavy (non-hydrogen) atoms. The average Bonchev–Trinajstić information content (AvgIpc) is 2.07. The molecule has 0 bridgehead atoms. The van der Waals surface area contributed by atoms with Crippen molar-refractivity contribution in [2.75, 3.05) is 6.54 Å². The molecule has 0 aliphatic heterocycles. The molecule has 1 amide bonds. The summed E-state index contributed by atoms with van der Waals surface area (Å²) in [4.78, 5) is 10.9. The van der Waals surface area contributed by atoms with Gasteiger partial charge in [-0.3, -0.25) is 4.79 Å². The van der Waals surface area contributed by atoms with E-state index in [9.17, 15) is 18.0 Å². The summed E-state index contributed by atoms with van der Waals surface area (Å²) in [6.45, 7) is 2.21. The van der Waals surface area contributed by atoms with Gasteiger partial charge in [-0.2, -0.15) is 13.2 Å². The number of hydrogen-bond donors (Lipinski definition) is 1. The van der Waals surface area contributed by atoms with E-state index in [-0.39, 0.29) is 5.38 Å². The van der Waals surface area contributed by atoms with Gasteiger partial charge in [0.2, 0.25) is 5.91 Å². The van der Waals surface area contributed by atoms with Crippen LogP contribution in [-0.2, 0) is 4.79 Å². The molecule has 0 rings (SSSR count). The van der Waals surface area contributed by atoms with Crippen LogP contribution < -0.4 is 5.32 Å². The van der Waals surface area contributed by atoms with E-state index in [1.165, 1.54) is 0 Å². The van der Waals surface area contributed by atoms with Crippen molar-refractivity contribution >= 4 is 17.5 Å². The van der Waals surface area contributed by atoms with Crippen LogP contribution in [0.25, 0.3) is 0 Å². The van der Waals surface area contributed by atoms with Crippen LogP contribution in [0.2, 0.25) is 0 Å². The van der Waals surface area contributed by atoms with Crippen molar-refractivity contribution in [2.24, 2.45) is 0 Å². The van der Waals surface area contributed by atoms with Gasteiger partial charge in [-0.05, 0) is 19.8 Å². The molecule has 1 N–H and O–H groups in total. The number of nitrogens with one attached hydrogen (secondary N) is 1. The fourth-order valence-corrected chi connectivity index (χ4v) is 1.11. The Hall–Kier alpha value is -0.450. The molecular weight excluding hydrogens is 231 g/mol. The summed E-state index contributed by atoms with van der Waals surface area (Å²) in [6, 6.07) is 0. The first-order chi connectivity index (χ1) is 6.81. The molecule has 0 saturated heterocycles. The van der Waals surface area contributed by atoms with Gasteiger partial charge in [0.1, 0.15) is 0 Å². The predicted octanol–water partition coefficient (Wildman–Crippen LogP) is 2.85. The van der Waals surface area contributed by atoms with Gasteiger partial charge in [-0.15, -0.1) is 11.6 Å². The molecule has 1 unspecified atom stereocenters. The summed E-state index contributed by atoms with van der Waals surface area (Å²) < 4.78 is 35.1. The third-order valence-corrected chi connectivity index (χ3v) is 1.95. The van der Waals surface area contributed by atoms with Crippen molar-refractivity contribution < 1.29 is 18.0 Å². The summed E-state index contributed by atoms with van der Waals surface area (Å²) in [5.74, 6) is -0.561. The topological polar surface area (TPSA) is 29.1 Å². The zero-order valence-electron chi connectivity index (χ0n) is 8.53. The van der Waals surface area contributed by atoms with Crippen LogP contribution in [-0.4, -0.2) is 24.0 Å². The standard InChI is InChI=1S/C9H15ClF3NO/c1-7(10)3-2-6-14-8(15)4-5-9(11,12)13/h7H,2-6H2,1H3,(H,14,15). The number of hydrogen-bond acceptors (Lipinski definition) is 1. The second kappa shape index (κ2) is 6.93. The van der Waals surface area contributed by atoms with Crippen LogP contribution in [0.5, 0.6) is 0 Å². The maximum Gasteiger partial charge on any atom is 0.389 e. The lowest BCUT2D eigenvalue weighted by molar-refractivity contribution is -0.144. The molecule has 0 heterocycles. The molecule has 90 valence electrons. The van der Waals surface area contributed by atoms with Gasteiger partial charge < -0.3 is 5.32 Å². The minimum absolute atomic E-state index is 0.0251. The van der Waals surface area contributed by atoms with Crippen LogP contribution in [0.15, 0.2) is 0 Å². The molecule has 0 radical (unpaired) electrons. The molecule has 1 atom stereocenters. The van der Waals surface area contributed by atoms with Crippen LogP contribution in [0.4, 0.5) is 13.2 Å². The fraction of sp³-hybridized carbons (Fsp3) is 0.889. The Morgan fingerprint density at radius 3 is 2.53 bits per heavy atom. The lowest BCUT2D eigenvalue weighted by atomic mass is 10.2. The molecule has 0 fully saturated rings. The van der Waals surface area contributed by atoms with E-state index < -0.39 is 24.9 Å². The van der Waals surface area contributed by atoms with E-state index in [4.69, 9.17) is 11.6 Å². The summed E-state index contributed by atoms with van der Waals surface area (Å²) in [7, 11) is 0. The van der Waals surface area contributed by atoms with Gasteiger partial charge in [0.25, 0.3) is 0 Å². The molecule has 0 saturated carbocycles. The maximum absolute atomic E-state index is 11.7. The van der Waals surface area contributed by atoms with Crippen LogP contribution in [0, 0.1) is 0 Å². The molecular formula is C9H15ClF3NO. The first kappa shape index (κ1) is 14.6. The van der Waals surface area contributed by atoms with E-state index in [1.807, 2.05) is 6.92 Å². The number of carbonyl (C=O) groups excluding carboxylic acids is 1. The van der Waals surface area contributed by atoms with E-state index in [1.54, 1.807) is 0 Å². The number of halogens is 4. The van der Waals surface area contributed by atoms with Crippen molar-refractivity contribution in [3.8, 4) is 0 Å². The van der Waals surface area contributed by atoms with Crippen molar-refractivity contribution in [1.29, 1.82) is 0 Å². The highest BCUT2D eigenvalue weighted by Crippen LogP contribution is 2.20. The van der Waals surface area contributed by atoms with Gasteiger partial charge >= 0.3 is 6.18 Å². The molecule has 0 spiro atoms. The highest BCUT2D eigenvalue weighted by atomic mass is 35.5. The van der Waals surface area contributed by atoms with Gasteiger partial charge in [-0.1, -0.05) is 0 Å². The summed E-state index contributed by atoms with van der Waals surface area (Å²) in [5, 5.41) is 2.44. The first-order valence-electron chi connectivity index (χ1n) is 4.79. The van der Waals surface area contributed by atoms with Gasteiger partial charge in [0.05, 0.1) is 6.42 Å². The SMILES string of the molecule is CC(Cl)CCCNC(=O)CCC(F)(F)F. The van der Waals surface area contributed by atoms with E-state index in [0.29, 0.717) is 13.0 Å². The van der Waals surface area contributed by atoms with Crippen LogP contribution in [0.1, 0.15) is 32.6 Å². The quantitative estimate of drug-likeness (QED) is 0.566. The summed E-state index contributed by atoms with van der Waals surface area (Å²) in [6.07, 6.45) is -4.41. The Kier molecular flexibility index (Phi) is 6.72. The highest BCUT2D eigenvalue weighted by molar-refractivity contribution is 6.20. The third-order valence-electron chi connectivity index (χ3n) is 1.74. The minimum atomic E-state index is -4.26. The lowest BCUT2D eigenvalue weighted by Gasteiger charge is -2.07. The van der Waals surface area contributed by atoms with Crippen molar-refractivity contribution in [3.63, 3.8) is 0 Å². The highest BCUT2D eigenvalue weighted by Gasteiger charge is 2.27. The average molecular weight is 246 g/mol. The Bertz CT molecular complexity index is 194. The smallest absolute Gasteiger partial charge is 0.356 e. The number of rotatable bonds is 6.